The number of carbonyl (C=O) groups is 1. The number of benzene rings is 3. The van der Waals surface area contributed by atoms with E-state index in [1.165, 1.54) is 38.5 Å². The number of carbonyl (C=O) groups excluding carboxylic acids is 1. The Labute approximate surface area is 204 Å². The molecule has 0 aromatic heterocycles. The van der Waals surface area contributed by atoms with Crippen LogP contribution >= 0.6 is 0 Å². The molecular weight excluding hydrogens is 475 g/mol. The van der Waals surface area contributed by atoms with Crippen molar-refractivity contribution in [2.45, 2.75) is 13.5 Å². The van der Waals surface area contributed by atoms with E-state index in [1.807, 2.05) is 0 Å². The lowest BCUT2D eigenvalue weighted by molar-refractivity contribution is 0.102. The Hall–Kier alpha value is -3.79. The van der Waals surface area contributed by atoms with Crippen LogP contribution in [0.5, 0.6) is 17.2 Å². The first-order valence-corrected chi connectivity index (χ1v) is 12.5. The van der Waals surface area contributed by atoms with E-state index in [1.54, 1.807) is 43.3 Å². The largest absolute Gasteiger partial charge is 0.497 e. The summed E-state index contributed by atoms with van der Waals surface area (Å²) in [6.07, 6.45) is 1.06. The highest BCUT2D eigenvalue weighted by molar-refractivity contribution is 7.92. The van der Waals surface area contributed by atoms with Crippen molar-refractivity contribution in [3.8, 4) is 17.2 Å². The zero-order valence-electron chi connectivity index (χ0n) is 19.9. The molecule has 3 aromatic carbocycles. The number of methoxy groups -OCH3 is 2. The Morgan fingerprint density at radius 3 is 2.26 bits per heavy atom. The highest BCUT2D eigenvalue weighted by atomic mass is 32.2. The number of anilines is 2. The third-order valence-corrected chi connectivity index (χ3v) is 6.25. The summed E-state index contributed by atoms with van der Waals surface area (Å²) in [5.41, 5.74) is 1.44. The number of nitrogens with zero attached hydrogens (tertiary/aromatic N) is 1. The molecule has 0 radical (unpaired) electrons. The standard InChI is InChI=1S/C25H27FN2O6S/c1-5-34-23-12-6-17(25(29)27-22-15-21(32-2)11-13-24(22)33-3)14-18(23)16-28(35(4,30)31)20-9-7-19(26)8-10-20/h6-15H,5,16H2,1-4H3,(H,27,29). The molecular formula is C25H27FN2O6S. The number of halogens is 1. The molecule has 0 spiro atoms. The van der Waals surface area contributed by atoms with Gasteiger partial charge < -0.3 is 19.5 Å². The zero-order chi connectivity index (χ0) is 25.6. The van der Waals surface area contributed by atoms with Crippen LogP contribution in [0.2, 0.25) is 0 Å². The van der Waals surface area contributed by atoms with E-state index in [0.29, 0.717) is 35.1 Å². The van der Waals surface area contributed by atoms with E-state index in [-0.39, 0.29) is 17.8 Å². The lowest BCUT2D eigenvalue weighted by Crippen LogP contribution is -2.29. The number of ether oxygens (including phenoxy) is 3. The van der Waals surface area contributed by atoms with E-state index in [4.69, 9.17) is 14.2 Å². The predicted molar refractivity (Wildman–Crippen MR) is 133 cm³/mol. The average molecular weight is 503 g/mol. The summed E-state index contributed by atoms with van der Waals surface area (Å²) in [6.45, 7) is 2.02. The molecule has 1 N–H and O–H groups in total. The first kappa shape index (κ1) is 25.8. The quantitative estimate of drug-likeness (QED) is 0.440. The molecule has 0 aliphatic heterocycles. The molecule has 8 nitrogen and oxygen atoms in total. The van der Waals surface area contributed by atoms with Crippen LogP contribution in [0.3, 0.4) is 0 Å². The monoisotopic (exact) mass is 502 g/mol. The van der Waals surface area contributed by atoms with Crippen LogP contribution in [0, 0.1) is 5.82 Å². The number of nitrogens with one attached hydrogen (secondary N) is 1. The van der Waals surface area contributed by atoms with Gasteiger partial charge in [0.25, 0.3) is 5.91 Å². The van der Waals surface area contributed by atoms with Crippen molar-refractivity contribution in [3.63, 3.8) is 0 Å². The zero-order valence-corrected chi connectivity index (χ0v) is 20.7. The summed E-state index contributed by atoms with van der Waals surface area (Å²) < 4.78 is 55.9. The SMILES string of the molecule is CCOc1ccc(C(=O)Nc2cc(OC)ccc2OC)cc1CN(c1ccc(F)cc1)S(C)(=O)=O. The van der Waals surface area contributed by atoms with Gasteiger partial charge in [-0.25, -0.2) is 12.8 Å². The molecule has 3 rings (SSSR count). The number of rotatable bonds is 10. The van der Waals surface area contributed by atoms with E-state index in [9.17, 15) is 17.6 Å². The van der Waals surface area contributed by atoms with Crippen molar-refractivity contribution in [2.24, 2.45) is 0 Å². The first-order valence-electron chi connectivity index (χ1n) is 10.7. The molecule has 35 heavy (non-hydrogen) atoms. The minimum absolute atomic E-state index is 0.122. The maximum Gasteiger partial charge on any atom is 0.255 e. The molecule has 0 unspecified atom stereocenters. The lowest BCUT2D eigenvalue weighted by Gasteiger charge is -2.24. The number of amides is 1. The van der Waals surface area contributed by atoms with Crippen molar-refractivity contribution in [2.75, 3.05) is 36.7 Å². The summed E-state index contributed by atoms with van der Waals surface area (Å²) in [5.74, 6) is 0.498. The Morgan fingerprint density at radius 1 is 0.971 bits per heavy atom. The van der Waals surface area contributed by atoms with Gasteiger partial charge in [-0.1, -0.05) is 0 Å². The van der Waals surface area contributed by atoms with Gasteiger partial charge in [-0.3, -0.25) is 9.10 Å². The Morgan fingerprint density at radius 2 is 1.66 bits per heavy atom. The topological polar surface area (TPSA) is 94.2 Å². The van der Waals surface area contributed by atoms with Crippen molar-refractivity contribution in [1.29, 1.82) is 0 Å². The highest BCUT2D eigenvalue weighted by Crippen LogP contribution is 2.31. The summed E-state index contributed by atoms with van der Waals surface area (Å²) in [6, 6.07) is 14.9. The number of sulfonamides is 1. The predicted octanol–water partition coefficient (Wildman–Crippen LogP) is 4.46. The maximum absolute atomic E-state index is 13.4. The molecule has 0 bridgehead atoms. The molecule has 0 heterocycles. The molecule has 0 aliphatic carbocycles. The van der Waals surface area contributed by atoms with Gasteiger partial charge in [-0.15, -0.1) is 0 Å². The lowest BCUT2D eigenvalue weighted by atomic mass is 10.1. The fourth-order valence-electron chi connectivity index (χ4n) is 3.41. The second kappa shape index (κ2) is 11.1. The minimum Gasteiger partial charge on any atom is -0.497 e. The van der Waals surface area contributed by atoms with Crippen molar-refractivity contribution < 1.29 is 31.8 Å². The van der Waals surface area contributed by atoms with Crippen LogP contribution in [0.4, 0.5) is 15.8 Å². The highest BCUT2D eigenvalue weighted by Gasteiger charge is 2.21. The molecule has 186 valence electrons. The first-order chi connectivity index (χ1) is 16.7. The van der Waals surface area contributed by atoms with Crippen LogP contribution in [-0.2, 0) is 16.6 Å². The summed E-state index contributed by atoms with van der Waals surface area (Å²) in [5, 5.41) is 2.79. The Kier molecular flexibility index (Phi) is 8.18. The van der Waals surface area contributed by atoms with Crippen molar-refractivity contribution >= 4 is 27.3 Å². The summed E-state index contributed by atoms with van der Waals surface area (Å²) in [7, 11) is -0.732. The van der Waals surface area contributed by atoms with Gasteiger partial charge in [0.15, 0.2) is 0 Å². The van der Waals surface area contributed by atoms with E-state index < -0.39 is 21.7 Å². The van der Waals surface area contributed by atoms with Gasteiger partial charge in [0.2, 0.25) is 10.0 Å². The van der Waals surface area contributed by atoms with Crippen molar-refractivity contribution in [3.05, 3.63) is 77.6 Å². The molecule has 0 atom stereocenters. The molecule has 0 saturated heterocycles. The van der Waals surface area contributed by atoms with Gasteiger partial charge in [0.05, 0.1) is 45.0 Å². The van der Waals surface area contributed by atoms with Crippen LogP contribution in [0.15, 0.2) is 60.7 Å². The normalized spacial score (nSPS) is 11.0. The van der Waals surface area contributed by atoms with Gasteiger partial charge in [0, 0.05) is 17.2 Å². The van der Waals surface area contributed by atoms with Gasteiger partial charge >= 0.3 is 0 Å². The molecule has 1 amide bonds. The third kappa shape index (κ3) is 6.42. The van der Waals surface area contributed by atoms with Crippen LogP contribution in [0.1, 0.15) is 22.8 Å². The van der Waals surface area contributed by atoms with Gasteiger partial charge in [0.1, 0.15) is 23.1 Å². The minimum atomic E-state index is -3.73. The third-order valence-electron chi connectivity index (χ3n) is 5.11. The van der Waals surface area contributed by atoms with Crippen LogP contribution in [0.25, 0.3) is 0 Å². The van der Waals surface area contributed by atoms with Gasteiger partial charge in [-0.05, 0) is 61.5 Å². The molecule has 3 aromatic rings. The second-order valence-corrected chi connectivity index (χ2v) is 9.43. The fraction of sp³-hybridized carbons (Fsp3) is 0.240. The van der Waals surface area contributed by atoms with E-state index >= 15 is 0 Å². The molecule has 10 heteroatoms. The smallest absolute Gasteiger partial charge is 0.255 e. The maximum atomic E-state index is 13.4. The van der Waals surface area contributed by atoms with Crippen LogP contribution in [-0.4, -0.2) is 41.4 Å². The summed E-state index contributed by atoms with van der Waals surface area (Å²) in [4.78, 5) is 13.1. The fourth-order valence-corrected chi connectivity index (χ4v) is 4.29. The second-order valence-electron chi connectivity index (χ2n) is 7.52. The van der Waals surface area contributed by atoms with Crippen molar-refractivity contribution in [1.82, 2.24) is 0 Å². The van der Waals surface area contributed by atoms with Crippen LogP contribution < -0.4 is 23.8 Å². The summed E-state index contributed by atoms with van der Waals surface area (Å²) >= 11 is 0. The van der Waals surface area contributed by atoms with E-state index in [0.717, 1.165) is 10.6 Å². The molecule has 0 fully saturated rings. The molecule has 0 aliphatic rings. The number of hydrogen-bond acceptors (Lipinski definition) is 6. The Balaban J connectivity index is 1.97. The number of hydrogen-bond donors (Lipinski definition) is 1. The van der Waals surface area contributed by atoms with Gasteiger partial charge in [-0.2, -0.15) is 0 Å². The Bertz CT molecular complexity index is 1300. The average Bonchev–Trinajstić information content (AvgIpc) is 2.83. The van der Waals surface area contributed by atoms with E-state index in [2.05, 4.69) is 5.32 Å². The molecule has 0 saturated carbocycles.